The van der Waals surface area contributed by atoms with Crippen LogP contribution in [0, 0.1) is 0 Å². The quantitative estimate of drug-likeness (QED) is 0.922. The fraction of sp³-hybridized carbons (Fsp3) is 0.100. The molecule has 1 heterocycles. The van der Waals surface area contributed by atoms with Gasteiger partial charge in [-0.15, -0.1) is 0 Å². The molecule has 0 amide bonds. The van der Waals surface area contributed by atoms with E-state index in [9.17, 15) is 0 Å². The Morgan fingerprint density at radius 3 is 2.81 bits per heavy atom. The molecule has 2 rings (SSSR count). The van der Waals surface area contributed by atoms with Crippen molar-refractivity contribution in [3.05, 3.63) is 39.1 Å². The Kier molecular flexibility index (Phi) is 3.63. The molecule has 0 saturated carbocycles. The Bertz CT molecular complexity index is 499. The van der Waals surface area contributed by atoms with Crippen LogP contribution in [0.4, 0.5) is 0 Å². The highest BCUT2D eigenvalue weighted by Crippen LogP contribution is 2.31. The van der Waals surface area contributed by atoms with Crippen LogP contribution in [0.25, 0.3) is 0 Å². The number of halogens is 2. The first-order valence-corrected chi connectivity index (χ1v) is 5.96. The Balaban J connectivity index is 2.20. The van der Waals surface area contributed by atoms with Gasteiger partial charge >= 0.3 is 6.08 Å². The van der Waals surface area contributed by atoms with Crippen LogP contribution in [0.3, 0.4) is 0 Å². The molecule has 0 aliphatic rings. The van der Waals surface area contributed by atoms with Crippen molar-refractivity contribution in [3.8, 4) is 11.8 Å². The van der Waals surface area contributed by atoms with E-state index in [1.807, 2.05) is 12.1 Å². The Labute approximate surface area is 109 Å². The van der Waals surface area contributed by atoms with Crippen LogP contribution < -0.4 is 4.74 Å². The molecule has 84 valence electrons. The van der Waals surface area contributed by atoms with Crippen molar-refractivity contribution in [2.75, 3.05) is 0 Å². The third kappa shape index (κ3) is 2.63. The van der Waals surface area contributed by atoms with Crippen molar-refractivity contribution in [2.24, 2.45) is 0 Å². The first-order valence-electron chi connectivity index (χ1n) is 4.37. The number of ether oxygens (including phenoxy) is 1. The molecule has 16 heavy (non-hydrogen) atoms. The molecule has 1 aromatic carbocycles. The minimum atomic E-state index is -0.172. The van der Waals surface area contributed by atoms with E-state index in [4.69, 9.17) is 14.3 Å². The van der Waals surface area contributed by atoms with Crippen LogP contribution in [0.15, 0.2) is 37.8 Å². The van der Waals surface area contributed by atoms with E-state index in [0.29, 0.717) is 11.4 Å². The van der Waals surface area contributed by atoms with Crippen LogP contribution in [-0.4, -0.2) is 10.1 Å². The summed E-state index contributed by atoms with van der Waals surface area (Å²) in [5.74, 6) is 0.592. The molecule has 0 unspecified atom stereocenters. The number of oxazole rings is 1. The van der Waals surface area contributed by atoms with E-state index in [1.165, 1.54) is 6.26 Å². The summed E-state index contributed by atoms with van der Waals surface area (Å²) in [6.45, 7) is -0.172. The monoisotopic (exact) mass is 347 g/mol. The third-order valence-electron chi connectivity index (χ3n) is 1.78. The number of benzene rings is 1. The van der Waals surface area contributed by atoms with E-state index >= 15 is 0 Å². The summed E-state index contributed by atoms with van der Waals surface area (Å²) in [5, 5.41) is 8.81. The van der Waals surface area contributed by atoms with Crippen molar-refractivity contribution in [1.29, 1.82) is 0 Å². The van der Waals surface area contributed by atoms with Crippen molar-refractivity contribution in [1.82, 2.24) is 4.98 Å². The van der Waals surface area contributed by atoms with Gasteiger partial charge in [-0.3, -0.25) is 0 Å². The minimum absolute atomic E-state index is 0.104. The molecule has 1 N–H and O–H groups in total. The van der Waals surface area contributed by atoms with E-state index in [2.05, 4.69) is 36.8 Å². The van der Waals surface area contributed by atoms with Gasteiger partial charge in [-0.2, -0.15) is 4.98 Å². The van der Waals surface area contributed by atoms with Crippen LogP contribution >= 0.6 is 31.9 Å². The number of aromatic nitrogens is 1. The molecular weight excluding hydrogens is 342 g/mol. The molecule has 4 nitrogen and oxygen atoms in total. The average molecular weight is 349 g/mol. The Hall–Kier alpha value is -0.850. The molecule has 0 bridgehead atoms. The van der Waals surface area contributed by atoms with E-state index in [1.54, 1.807) is 6.07 Å². The van der Waals surface area contributed by atoms with Crippen LogP contribution in [-0.2, 0) is 6.61 Å². The van der Waals surface area contributed by atoms with E-state index in [-0.39, 0.29) is 12.7 Å². The molecule has 2 aromatic rings. The molecule has 0 spiro atoms. The van der Waals surface area contributed by atoms with Crippen LogP contribution in [0.2, 0.25) is 0 Å². The molecule has 0 saturated heterocycles. The normalized spacial score (nSPS) is 10.4. The lowest BCUT2D eigenvalue weighted by molar-refractivity contribution is 0.276. The maximum Gasteiger partial charge on any atom is 0.399 e. The highest BCUT2D eigenvalue weighted by molar-refractivity contribution is 9.11. The highest BCUT2D eigenvalue weighted by atomic mass is 79.9. The Morgan fingerprint density at radius 2 is 2.19 bits per heavy atom. The number of hydrogen-bond acceptors (Lipinski definition) is 4. The van der Waals surface area contributed by atoms with Gasteiger partial charge < -0.3 is 14.3 Å². The molecule has 0 aliphatic heterocycles. The summed E-state index contributed by atoms with van der Waals surface area (Å²) in [6.07, 6.45) is 1.45. The summed E-state index contributed by atoms with van der Waals surface area (Å²) in [7, 11) is 0. The smallest absolute Gasteiger partial charge is 0.399 e. The van der Waals surface area contributed by atoms with E-state index < -0.39 is 0 Å². The number of rotatable bonds is 3. The molecule has 0 atom stereocenters. The van der Waals surface area contributed by atoms with Crippen LogP contribution in [0.5, 0.6) is 11.8 Å². The lowest BCUT2D eigenvalue weighted by Gasteiger charge is -2.03. The van der Waals surface area contributed by atoms with Crippen molar-refractivity contribution in [2.45, 2.75) is 6.61 Å². The van der Waals surface area contributed by atoms with Gasteiger partial charge in [0, 0.05) is 4.47 Å². The standard InChI is InChI=1S/C10H7Br2NO3/c11-6-1-2-9(8(12)3-6)16-10-13-7(4-14)5-15-10/h1-3,5,14H,4H2. The summed E-state index contributed by atoms with van der Waals surface area (Å²) in [6, 6.07) is 5.47. The predicted molar refractivity (Wildman–Crippen MR) is 64.3 cm³/mol. The van der Waals surface area contributed by atoms with Gasteiger partial charge in [-0.25, -0.2) is 0 Å². The van der Waals surface area contributed by atoms with Gasteiger partial charge in [-0.05, 0) is 34.1 Å². The minimum Gasteiger partial charge on any atom is -0.417 e. The van der Waals surface area contributed by atoms with E-state index in [0.717, 1.165) is 8.95 Å². The summed E-state index contributed by atoms with van der Waals surface area (Å²) >= 11 is 6.69. The fourth-order valence-corrected chi connectivity index (χ4v) is 2.19. The average Bonchev–Trinajstić information content (AvgIpc) is 2.70. The second kappa shape index (κ2) is 4.99. The van der Waals surface area contributed by atoms with Crippen molar-refractivity contribution < 1.29 is 14.3 Å². The van der Waals surface area contributed by atoms with Gasteiger partial charge in [0.1, 0.15) is 17.7 Å². The number of aliphatic hydroxyl groups excluding tert-OH is 1. The second-order valence-electron chi connectivity index (χ2n) is 2.94. The van der Waals surface area contributed by atoms with Gasteiger partial charge in [0.2, 0.25) is 0 Å². The number of aliphatic hydroxyl groups is 1. The summed E-state index contributed by atoms with van der Waals surface area (Å²) in [4.78, 5) is 3.92. The lowest BCUT2D eigenvalue weighted by Crippen LogP contribution is -1.87. The van der Waals surface area contributed by atoms with Gasteiger partial charge in [0.05, 0.1) is 11.1 Å². The van der Waals surface area contributed by atoms with Gasteiger partial charge in [0.15, 0.2) is 0 Å². The summed E-state index contributed by atoms with van der Waals surface area (Å²) in [5.41, 5.74) is 0.434. The zero-order valence-corrected chi connectivity index (χ0v) is 11.2. The maximum atomic E-state index is 8.81. The predicted octanol–water partition coefficient (Wildman–Crippen LogP) is 3.48. The number of nitrogens with zero attached hydrogens (tertiary/aromatic N) is 1. The molecule has 0 radical (unpaired) electrons. The van der Waals surface area contributed by atoms with Crippen molar-refractivity contribution >= 4 is 31.9 Å². The first kappa shape index (κ1) is 11.6. The lowest BCUT2D eigenvalue weighted by atomic mass is 10.3. The first-order chi connectivity index (χ1) is 7.69. The second-order valence-corrected chi connectivity index (χ2v) is 4.71. The van der Waals surface area contributed by atoms with Gasteiger partial charge in [0.25, 0.3) is 0 Å². The van der Waals surface area contributed by atoms with Crippen molar-refractivity contribution in [3.63, 3.8) is 0 Å². The Morgan fingerprint density at radius 1 is 1.38 bits per heavy atom. The topological polar surface area (TPSA) is 55.5 Å². The third-order valence-corrected chi connectivity index (χ3v) is 2.90. The maximum absolute atomic E-state index is 8.81. The SMILES string of the molecule is OCc1coc(Oc2ccc(Br)cc2Br)n1. The molecule has 1 aromatic heterocycles. The molecular formula is C10H7Br2NO3. The molecule has 6 heteroatoms. The summed E-state index contributed by atoms with van der Waals surface area (Å²) < 4.78 is 12.1. The van der Waals surface area contributed by atoms with Gasteiger partial charge in [-0.1, -0.05) is 15.9 Å². The molecule has 0 aliphatic carbocycles. The molecule has 0 fully saturated rings. The highest BCUT2D eigenvalue weighted by Gasteiger charge is 2.08. The zero-order valence-electron chi connectivity index (χ0n) is 7.98. The number of hydrogen-bond donors (Lipinski definition) is 1. The zero-order chi connectivity index (χ0) is 11.5. The largest absolute Gasteiger partial charge is 0.417 e. The fourth-order valence-electron chi connectivity index (χ4n) is 1.06. The van der Waals surface area contributed by atoms with Crippen LogP contribution in [0.1, 0.15) is 5.69 Å².